The van der Waals surface area contributed by atoms with Gasteiger partial charge in [0.1, 0.15) is 5.75 Å². The number of hydrogen-bond donors (Lipinski definition) is 1. The lowest BCUT2D eigenvalue weighted by Crippen LogP contribution is -2.26. The van der Waals surface area contributed by atoms with Crippen molar-refractivity contribution >= 4 is 45.9 Å². The van der Waals surface area contributed by atoms with Crippen LogP contribution in [0.5, 0.6) is 5.75 Å². The number of ether oxygens (including phenoxy) is 1. The Hall–Kier alpha value is -2.51. The average Bonchev–Trinajstić information content (AvgIpc) is 3.53. The summed E-state index contributed by atoms with van der Waals surface area (Å²) >= 11 is 7.42. The zero-order chi connectivity index (χ0) is 20.5. The first kappa shape index (κ1) is 19.8. The Morgan fingerprint density at radius 3 is 2.76 bits per heavy atom. The Bertz CT molecular complexity index is 1140. The van der Waals surface area contributed by atoms with Crippen LogP contribution in [-0.2, 0) is 4.79 Å². The molecule has 1 unspecified atom stereocenters. The van der Waals surface area contributed by atoms with Gasteiger partial charge in [0.15, 0.2) is 5.16 Å². The van der Waals surface area contributed by atoms with Crippen molar-refractivity contribution in [3.63, 3.8) is 0 Å². The van der Waals surface area contributed by atoms with Gasteiger partial charge in [0.2, 0.25) is 5.91 Å². The molecule has 0 radical (unpaired) electrons. The third kappa shape index (κ3) is 4.11. The van der Waals surface area contributed by atoms with Crippen molar-refractivity contribution in [1.82, 2.24) is 9.55 Å². The fourth-order valence-corrected chi connectivity index (χ4v) is 4.30. The highest BCUT2D eigenvalue weighted by molar-refractivity contribution is 8.00. The molecular weight excluding hydrogens is 410 g/mol. The van der Waals surface area contributed by atoms with Gasteiger partial charge in [-0.25, -0.2) is 4.98 Å². The molecule has 1 aliphatic rings. The molecule has 1 atom stereocenters. The van der Waals surface area contributed by atoms with Crippen LogP contribution in [0.25, 0.3) is 10.9 Å². The van der Waals surface area contributed by atoms with Gasteiger partial charge in [-0.1, -0.05) is 35.5 Å². The van der Waals surface area contributed by atoms with Gasteiger partial charge < -0.3 is 10.1 Å². The summed E-state index contributed by atoms with van der Waals surface area (Å²) in [5.41, 5.74) is 1.18. The lowest BCUT2D eigenvalue weighted by Gasteiger charge is -2.16. The molecule has 1 heterocycles. The zero-order valence-electron chi connectivity index (χ0n) is 16.0. The number of amides is 1. The van der Waals surface area contributed by atoms with E-state index >= 15 is 0 Å². The Kier molecular flexibility index (Phi) is 5.52. The highest BCUT2D eigenvalue weighted by Gasteiger charge is 2.30. The molecule has 8 heteroatoms. The molecule has 0 spiro atoms. The van der Waals surface area contributed by atoms with Crippen molar-refractivity contribution in [3.05, 3.63) is 57.8 Å². The highest BCUT2D eigenvalue weighted by atomic mass is 35.5. The minimum absolute atomic E-state index is 0.0462. The van der Waals surface area contributed by atoms with E-state index in [0.717, 1.165) is 12.8 Å². The second-order valence-electron chi connectivity index (χ2n) is 6.92. The first-order valence-corrected chi connectivity index (χ1v) is 10.6. The molecule has 1 aromatic heterocycles. The SMILES string of the molecule is COc1ccc(NC(=O)C(C)Sc2nc3ccccc3c(=O)n2C2CC2)cc1Cl. The fraction of sp³-hybridized carbons (Fsp3) is 0.286. The number of nitrogens with zero attached hydrogens (tertiary/aromatic N) is 2. The number of benzene rings is 2. The van der Waals surface area contributed by atoms with Crippen LogP contribution in [0.2, 0.25) is 5.02 Å². The lowest BCUT2D eigenvalue weighted by atomic mass is 10.2. The maximum Gasteiger partial charge on any atom is 0.262 e. The molecule has 150 valence electrons. The van der Waals surface area contributed by atoms with Crippen LogP contribution in [0, 0.1) is 0 Å². The largest absolute Gasteiger partial charge is 0.495 e. The average molecular weight is 430 g/mol. The number of thioether (sulfide) groups is 1. The van der Waals surface area contributed by atoms with Crippen molar-refractivity contribution in [3.8, 4) is 5.75 Å². The van der Waals surface area contributed by atoms with Crippen molar-refractivity contribution < 1.29 is 9.53 Å². The molecule has 2 aromatic carbocycles. The van der Waals surface area contributed by atoms with Gasteiger partial charge in [-0.2, -0.15) is 0 Å². The number of carbonyl (C=O) groups excluding carboxylic acids is 1. The van der Waals surface area contributed by atoms with Gasteiger partial charge in [0.25, 0.3) is 5.56 Å². The van der Waals surface area contributed by atoms with Gasteiger partial charge >= 0.3 is 0 Å². The first-order valence-electron chi connectivity index (χ1n) is 9.30. The summed E-state index contributed by atoms with van der Waals surface area (Å²) in [6, 6.07) is 12.5. The maximum absolute atomic E-state index is 13.0. The number of para-hydroxylation sites is 1. The Morgan fingerprint density at radius 2 is 2.07 bits per heavy atom. The number of hydrogen-bond acceptors (Lipinski definition) is 5. The number of rotatable bonds is 6. The number of nitrogens with one attached hydrogen (secondary N) is 1. The number of halogens is 1. The van der Waals surface area contributed by atoms with Crippen LogP contribution in [0.1, 0.15) is 25.8 Å². The first-order chi connectivity index (χ1) is 14.0. The number of carbonyl (C=O) groups is 1. The smallest absolute Gasteiger partial charge is 0.262 e. The Balaban J connectivity index is 1.57. The maximum atomic E-state index is 13.0. The van der Waals surface area contributed by atoms with Crippen LogP contribution in [-0.4, -0.2) is 27.8 Å². The molecular formula is C21H20ClN3O3S. The predicted octanol–water partition coefficient (Wildman–Crippen LogP) is 4.51. The van der Waals surface area contributed by atoms with Gasteiger partial charge in [-0.05, 0) is 50.1 Å². The van der Waals surface area contributed by atoms with Crippen LogP contribution in [0.4, 0.5) is 5.69 Å². The summed E-state index contributed by atoms with van der Waals surface area (Å²) in [5, 5.41) is 4.01. The molecule has 1 saturated carbocycles. The van der Waals surface area contributed by atoms with E-state index < -0.39 is 5.25 Å². The van der Waals surface area contributed by atoms with E-state index in [1.54, 1.807) is 35.8 Å². The topological polar surface area (TPSA) is 73.2 Å². The molecule has 0 aliphatic heterocycles. The van der Waals surface area contributed by atoms with Crippen LogP contribution >= 0.6 is 23.4 Å². The van der Waals surface area contributed by atoms with E-state index in [-0.39, 0.29) is 17.5 Å². The zero-order valence-corrected chi connectivity index (χ0v) is 17.6. The summed E-state index contributed by atoms with van der Waals surface area (Å²) in [5.74, 6) is 0.349. The molecule has 1 N–H and O–H groups in total. The summed E-state index contributed by atoms with van der Waals surface area (Å²) < 4.78 is 6.87. The highest BCUT2D eigenvalue weighted by Crippen LogP contribution is 2.37. The molecule has 0 saturated heterocycles. The minimum Gasteiger partial charge on any atom is -0.495 e. The normalized spacial score (nSPS) is 14.6. The summed E-state index contributed by atoms with van der Waals surface area (Å²) in [4.78, 5) is 30.3. The predicted molar refractivity (Wildman–Crippen MR) is 116 cm³/mol. The van der Waals surface area contributed by atoms with E-state index in [9.17, 15) is 9.59 Å². The van der Waals surface area contributed by atoms with Gasteiger partial charge in [-0.3, -0.25) is 14.2 Å². The third-order valence-electron chi connectivity index (χ3n) is 4.76. The van der Waals surface area contributed by atoms with E-state index in [0.29, 0.717) is 32.5 Å². The standard InChI is InChI=1S/C21H20ClN3O3S/c1-12(19(26)23-13-7-10-18(28-2)16(22)11-13)29-21-24-17-6-4-3-5-15(17)20(27)25(21)14-8-9-14/h3-7,10-12,14H,8-9H2,1-2H3,(H,23,26). The van der Waals surface area contributed by atoms with Crippen molar-refractivity contribution in [2.45, 2.75) is 36.2 Å². The van der Waals surface area contributed by atoms with Gasteiger partial charge in [0, 0.05) is 11.7 Å². The van der Waals surface area contributed by atoms with Crippen molar-refractivity contribution in [2.75, 3.05) is 12.4 Å². The van der Waals surface area contributed by atoms with Crippen LogP contribution in [0.15, 0.2) is 52.4 Å². The quantitative estimate of drug-likeness (QED) is 0.461. The molecule has 1 fully saturated rings. The Morgan fingerprint density at radius 1 is 1.31 bits per heavy atom. The number of fused-ring (bicyclic) bond motifs is 1. The third-order valence-corrected chi connectivity index (χ3v) is 6.12. The van der Waals surface area contributed by atoms with Crippen LogP contribution < -0.4 is 15.6 Å². The van der Waals surface area contributed by atoms with E-state index in [2.05, 4.69) is 10.3 Å². The summed E-state index contributed by atoms with van der Waals surface area (Å²) in [7, 11) is 1.54. The van der Waals surface area contributed by atoms with E-state index in [1.165, 1.54) is 18.9 Å². The van der Waals surface area contributed by atoms with E-state index in [4.69, 9.17) is 16.3 Å². The number of methoxy groups -OCH3 is 1. The van der Waals surface area contributed by atoms with E-state index in [1.807, 2.05) is 18.2 Å². The van der Waals surface area contributed by atoms with Gasteiger partial charge in [0.05, 0.1) is 28.3 Å². The lowest BCUT2D eigenvalue weighted by molar-refractivity contribution is -0.115. The Labute approximate surface area is 177 Å². The van der Waals surface area contributed by atoms with Gasteiger partial charge in [-0.15, -0.1) is 0 Å². The molecule has 6 nitrogen and oxygen atoms in total. The molecule has 0 bridgehead atoms. The second kappa shape index (κ2) is 8.08. The minimum atomic E-state index is -0.450. The summed E-state index contributed by atoms with van der Waals surface area (Å²) in [6.45, 7) is 1.80. The number of anilines is 1. The second-order valence-corrected chi connectivity index (χ2v) is 8.63. The molecule has 29 heavy (non-hydrogen) atoms. The van der Waals surface area contributed by atoms with Crippen molar-refractivity contribution in [2.24, 2.45) is 0 Å². The molecule has 4 rings (SSSR count). The van der Waals surface area contributed by atoms with Crippen LogP contribution in [0.3, 0.4) is 0 Å². The van der Waals surface area contributed by atoms with Crippen molar-refractivity contribution in [1.29, 1.82) is 0 Å². The monoisotopic (exact) mass is 429 g/mol. The molecule has 1 aliphatic carbocycles. The molecule has 3 aromatic rings. The molecule has 1 amide bonds. The number of aromatic nitrogens is 2. The summed E-state index contributed by atoms with van der Waals surface area (Å²) in [6.07, 6.45) is 1.91. The fourth-order valence-electron chi connectivity index (χ4n) is 3.06.